The summed E-state index contributed by atoms with van der Waals surface area (Å²) in [5, 5.41) is 19.1. The minimum atomic E-state index is -1.18. The monoisotopic (exact) mass is 444 g/mol. The zero-order valence-corrected chi connectivity index (χ0v) is 18.0. The highest BCUT2D eigenvalue weighted by Gasteiger charge is 2.74. The molecule has 3 saturated heterocycles. The first-order valence-corrected chi connectivity index (χ1v) is 10.8. The molecular formula is C23H28N2O7. The fraction of sp³-hybridized carbons (Fsp3) is 0.522. The van der Waals surface area contributed by atoms with Crippen LogP contribution in [0.1, 0.15) is 19.3 Å². The zero-order chi connectivity index (χ0) is 23.0. The average Bonchev–Trinajstić information content (AvgIpc) is 3.43. The Morgan fingerprint density at radius 3 is 2.69 bits per heavy atom. The Bertz CT molecular complexity index is 917. The summed E-state index contributed by atoms with van der Waals surface area (Å²) < 4.78 is 11.4. The number of carbonyl (C=O) groups is 3. The smallest absolute Gasteiger partial charge is 0.310 e. The topological polar surface area (TPSA) is 117 Å². The SMILES string of the molecule is C=CCN(C(=O)[C@H]1N(CCCO)C(=O)[C@@H]2[C@@H](C(=O)O)[C@H]3CC[C@]21O3)c1ccc(OC)cc1. The van der Waals surface area contributed by atoms with Crippen LogP contribution in [0.2, 0.25) is 0 Å². The molecule has 0 radical (unpaired) electrons. The van der Waals surface area contributed by atoms with E-state index < -0.39 is 35.6 Å². The minimum Gasteiger partial charge on any atom is -0.497 e. The summed E-state index contributed by atoms with van der Waals surface area (Å²) >= 11 is 0. The van der Waals surface area contributed by atoms with Crippen molar-refractivity contribution in [1.29, 1.82) is 0 Å². The van der Waals surface area contributed by atoms with Crippen LogP contribution in [0, 0.1) is 11.8 Å². The maximum Gasteiger partial charge on any atom is 0.310 e. The van der Waals surface area contributed by atoms with Gasteiger partial charge in [0.1, 0.15) is 17.4 Å². The Morgan fingerprint density at radius 1 is 1.38 bits per heavy atom. The van der Waals surface area contributed by atoms with E-state index >= 15 is 0 Å². The molecule has 3 fully saturated rings. The van der Waals surface area contributed by atoms with Crippen LogP contribution < -0.4 is 9.64 Å². The molecule has 0 aromatic heterocycles. The van der Waals surface area contributed by atoms with Crippen LogP contribution >= 0.6 is 0 Å². The van der Waals surface area contributed by atoms with Crippen LogP contribution in [0.5, 0.6) is 5.75 Å². The number of hydrogen-bond donors (Lipinski definition) is 2. The molecule has 1 aromatic carbocycles. The number of carboxylic acids is 1. The van der Waals surface area contributed by atoms with E-state index in [1.807, 2.05) is 0 Å². The third kappa shape index (κ3) is 3.27. The highest BCUT2D eigenvalue weighted by Crippen LogP contribution is 2.58. The number of methoxy groups -OCH3 is 1. The third-order valence-electron chi connectivity index (χ3n) is 6.84. The molecule has 4 rings (SSSR count). The van der Waals surface area contributed by atoms with Gasteiger partial charge in [-0.05, 0) is 43.5 Å². The van der Waals surface area contributed by atoms with Crippen LogP contribution in [0.15, 0.2) is 36.9 Å². The van der Waals surface area contributed by atoms with Gasteiger partial charge >= 0.3 is 5.97 Å². The second-order valence-electron chi connectivity index (χ2n) is 8.44. The number of benzene rings is 1. The van der Waals surface area contributed by atoms with Crippen LogP contribution in [0.3, 0.4) is 0 Å². The maximum atomic E-state index is 14.0. The van der Waals surface area contributed by atoms with Gasteiger partial charge in [0.15, 0.2) is 0 Å². The van der Waals surface area contributed by atoms with E-state index in [4.69, 9.17) is 9.47 Å². The fourth-order valence-corrected chi connectivity index (χ4v) is 5.56. The molecule has 0 aliphatic carbocycles. The molecular weight excluding hydrogens is 416 g/mol. The molecule has 3 heterocycles. The van der Waals surface area contributed by atoms with E-state index in [-0.39, 0.29) is 37.9 Å². The lowest BCUT2D eigenvalue weighted by molar-refractivity contribution is -0.149. The number of aliphatic hydroxyl groups excluding tert-OH is 1. The van der Waals surface area contributed by atoms with Gasteiger partial charge in [0.05, 0.1) is 25.0 Å². The van der Waals surface area contributed by atoms with Crippen molar-refractivity contribution in [3.63, 3.8) is 0 Å². The van der Waals surface area contributed by atoms with Gasteiger partial charge in [-0.3, -0.25) is 14.4 Å². The number of likely N-dealkylation sites (tertiary alicyclic amines) is 1. The summed E-state index contributed by atoms with van der Waals surface area (Å²) in [6, 6.07) is 6.00. The van der Waals surface area contributed by atoms with Crippen LogP contribution in [-0.4, -0.2) is 77.4 Å². The number of aliphatic hydroxyl groups is 1. The summed E-state index contributed by atoms with van der Waals surface area (Å²) in [5.74, 6) is -3.06. The van der Waals surface area contributed by atoms with Crippen molar-refractivity contribution in [2.45, 2.75) is 37.0 Å². The number of carboxylic acid groups (broad SMARTS) is 1. The molecule has 2 bridgehead atoms. The standard InChI is InChI=1S/C23H28N2O7/c1-3-11-24(14-5-7-15(31-2)8-6-14)21(28)19-23-10-9-16(32-23)17(22(29)30)18(23)20(27)25(19)12-4-13-26/h3,5-8,16-19,26H,1,4,9-13H2,2H3,(H,29,30)/t16-,17+,18+,19-,23+/m1/s1. The highest BCUT2D eigenvalue weighted by molar-refractivity contribution is 6.04. The number of amides is 2. The fourth-order valence-electron chi connectivity index (χ4n) is 5.56. The Hall–Kier alpha value is -2.91. The van der Waals surface area contributed by atoms with Gasteiger partial charge in [-0.2, -0.15) is 0 Å². The van der Waals surface area contributed by atoms with E-state index in [0.717, 1.165) is 0 Å². The Morgan fingerprint density at radius 2 is 2.09 bits per heavy atom. The number of nitrogens with zero attached hydrogens (tertiary/aromatic N) is 2. The molecule has 0 saturated carbocycles. The van der Waals surface area contributed by atoms with Crippen molar-refractivity contribution in [3.8, 4) is 5.75 Å². The van der Waals surface area contributed by atoms with E-state index in [9.17, 15) is 24.6 Å². The van der Waals surface area contributed by atoms with Gasteiger partial charge in [0.2, 0.25) is 5.91 Å². The normalized spacial score (nSPS) is 30.3. The van der Waals surface area contributed by atoms with Gasteiger partial charge in [-0.25, -0.2) is 0 Å². The number of rotatable bonds is 9. The molecule has 2 amide bonds. The predicted molar refractivity (Wildman–Crippen MR) is 114 cm³/mol. The molecule has 1 aromatic rings. The van der Waals surface area contributed by atoms with Gasteiger partial charge in [0, 0.05) is 25.4 Å². The van der Waals surface area contributed by atoms with Crippen LogP contribution in [0.25, 0.3) is 0 Å². The van der Waals surface area contributed by atoms with E-state index in [1.54, 1.807) is 37.5 Å². The number of aliphatic carboxylic acids is 1. The lowest BCUT2D eigenvalue weighted by Gasteiger charge is -2.36. The predicted octanol–water partition coefficient (Wildman–Crippen LogP) is 1.06. The zero-order valence-electron chi connectivity index (χ0n) is 18.0. The second-order valence-corrected chi connectivity index (χ2v) is 8.44. The molecule has 3 aliphatic heterocycles. The van der Waals surface area contributed by atoms with Crippen molar-refractivity contribution < 1.29 is 34.1 Å². The molecule has 3 aliphatic rings. The van der Waals surface area contributed by atoms with Crippen molar-refractivity contribution in [3.05, 3.63) is 36.9 Å². The minimum absolute atomic E-state index is 0.148. The van der Waals surface area contributed by atoms with Crippen molar-refractivity contribution in [1.82, 2.24) is 4.90 Å². The van der Waals surface area contributed by atoms with Crippen molar-refractivity contribution in [2.75, 3.05) is 31.7 Å². The molecule has 32 heavy (non-hydrogen) atoms. The van der Waals surface area contributed by atoms with Gasteiger partial charge in [0.25, 0.3) is 5.91 Å². The number of ether oxygens (including phenoxy) is 2. The Balaban J connectivity index is 1.75. The molecule has 5 atom stereocenters. The summed E-state index contributed by atoms with van der Waals surface area (Å²) in [6.45, 7) is 3.96. The van der Waals surface area contributed by atoms with Crippen LogP contribution in [-0.2, 0) is 19.1 Å². The third-order valence-corrected chi connectivity index (χ3v) is 6.84. The Labute approximate surface area is 186 Å². The number of hydrogen-bond acceptors (Lipinski definition) is 6. The first-order valence-electron chi connectivity index (χ1n) is 10.8. The van der Waals surface area contributed by atoms with E-state index in [1.165, 1.54) is 9.80 Å². The molecule has 9 heteroatoms. The Kier molecular flexibility index (Phi) is 5.96. The summed E-state index contributed by atoms with van der Waals surface area (Å²) in [7, 11) is 1.55. The first-order chi connectivity index (χ1) is 15.4. The molecule has 172 valence electrons. The van der Waals surface area contributed by atoms with Gasteiger partial charge in [-0.1, -0.05) is 6.08 Å². The number of carbonyl (C=O) groups excluding carboxylic acids is 2. The highest BCUT2D eigenvalue weighted by atomic mass is 16.5. The second kappa shape index (κ2) is 8.55. The lowest BCUT2D eigenvalue weighted by Crippen LogP contribution is -2.56. The molecule has 1 spiro atoms. The molecule has 0 unspecified atom stereocenters. The number of anilines is 1. The first kappa shape index (κ1) is 22.3. The summed E-state index contributed by atoms with van der Waals surface area (Å²) in [6.07, 6.45) is 2.23. The quantitative estimate of drug-likeness (QED) is 0.547. The molecule has 9 nitrogen and oxygen atoms in total. The van der Waals surface area contributed by atoms with E-state index in [2.05, 4.69) is 6.58 Å². The summed E-state index contributed by atoms with van der Waals surface area (Å²) in [5.41, 5.74) is -0.573. The largest absolute Gasteiger partial charge is 0.497 e. The van der Waals surface area contributed by atoms with Crippen molar-refractivity contribution in [2.24, 2.45) is 11.8 Å². The maximum absolute atomic E-state index is 14.0. The number of fused-ring (bicyclic) bond motifs is 1. The molecule has 2 N–H and O–H groups in total. The van der Waals surface area contributed by atoms with E-state index in [0.29, 0.717) is 24.3 Å². The lowest BCUT2D eigenvalue weighted by atomic mass is 9.70. The van der Waals surface area contributed by atoms with Gasteiger partial charge < -0.3 is 29.5 Å². The summed E-state index contributed by atoms with van der Waals surface area (Å²) in [4.78, 5) is 42.3. The average molecular weight is 444 g/mol. The van der Waals surface area contributed by atoms with Crippen LogP contribution in [0.4, 0.5) is 5.69 Å². The van der Waals surface area contributed by atoms with Gasteiger partial charge in [-0.15, -0.1) is 6.58 Å². The van der Waals surface area contributed by atoms with Crippen molar-refractivity contribution >= 4 is 23.5 Å².